The average Bonchev–Trinajstić information content (AvgIpc) is 2.09. The molecule has 1 aromatic rings. The molecule has 0 saturated carbocycles. The van der Waals surface area contributed by atoms with E-state index >= 15 is 0 Å². The molecule has 0 aliphatic rings. The first-order chi connectivity index (χ1) is 5.83. The summed E-state index contributed by atoms with van der Waals surface area (Å²) in [5.41, 5.74) is 6.43. The maximum absolute atomic E-state index is 5.16. The zero-order valence-corrected chi connectivity index (χ0v) is 7.77. The topological polar surface area (TPSA) is 38.0 Å². The zero-order chi connectivity index (χ0) is 8.81. The molecule has 64 valence electrons. The van der Waals surface area contributed by atoms with Crippen molar-refractivity contribution in [3.63, 3.8) is 0 Å². The molecule has 0 amide bonds. The molecule has 1 aromatic carbocycles. The van der Waals surface area contributed by atoms with E-state index < -0.39 is 0 Å². The van der Waals surface area contributed by atoms with Gasteiger partial charge >= 0.3 is 0 Å². The number of rotatable bonds is 3. The van der Waals surface area contributed by atoms with E-state index in [-0.39, 0.29) is 0 Å². The Morgan fingerprint density at radius 1 is 1.33 bits per heavy atom. The highest BCUT2D eigenvalue weighted by molar-refractivity contribution is 7.97. The average molecular weight is 180 g/mol. The minimum Gasteiger partial charge on any atom is -0.403 e. The second-order valence-electron chi connectivity index (χ2n) is 2.39. The molecule has 1 rings (SSSR count). The third kappa shape index (κ3) is 2.88. The van der Waals surface area contributed by atoms with E-state index in [2.05, 4.69) is 35.9 Å². The maximum atomic E-state index is 5.16. The molecular weight excluding hydrogens is 168 g/mol. The Balaban J connectivity index is 2.47. The first kappa shape index (κ1) is 9.00. The Hall–Kier alpha value is -1.09. The molecule has 0 heterocycles. The van der Waals surface area contributed by atoms with Gasteiger partial charge in [-0.05, 0) is 31.0 Å². The molecule has 12 heavy (non-hydrogen) atoms. The zero-order valence-electron chi connectivity index (χ0n) is 6.95. The number of aryl methyl sites for hydroxylation is 1. The number of benzene rings is 1. The van der Waals surface area contributed by atoms with Crippen molar-refractivity contribution in [3.05, 3.63) is 42.2 Å². The Morgan fingerprint density at radius 2 is 2.00 bits per heavy atom. The van der Waals surface area contributed by atoms with Gasteiger partial charge in [0.25, 0.3) is 0 Å². The van der Waals surface area contributed by atoms with Gasteiger partial charge in [-0.1, -0.05) is 17.7 Å². The van der Waals surface area contributed by atoms with E-state index in [0.717, 1.165) is 0 Å². The van der Waals surface area contributed by atoms with Crippen LogP contribution in [0.5, 0.6) is 0 Å². The van der Waals surface area contributed by atoms with Crippen LogP contribution in [-0.4, -0.2) is 0 Å². The fourth-order valence-electron chi connectivity index (χ4n) is 0.748. The molecular formula is C9H12N2S. The summed E-state index contributed by atoms with van der Waals surface area (Å²) in [6.07, 6.45) is 3.17. The normalized spacial score (nSPS) is 10.4. The first-order valence-corrected chi connectivity index (χ1v) is 4.50. The van der Waals surface area contributed by atoms with Crippen LogP contribution in [0.2, 0.25) is 0 Å². The molecule has 2 nitrogen and oxygen atoms in total. The lowest BCUT2D eigenvalue weighted by atomic mass is 10.2. The number of hydrogen-bond donors (Lipinski definition) is 2. The Morgan fingerprint density at radius 3 is 2.58 bits per heavy atom. The van der Waals surface area contributed by atoms with Gasteiger partial charge in [0.15, 0.2) is 0 Å². The molecule has 0 saturated heterocycles. The van der Waals surface area contributed by atoms with Crippen LogP contribution in [0.25, 0.3) is 0 Å². The van der Waals surface area contributed by atoms with E-state index in [1.165, 1.54) is 28.6 Å². The molecule has 0 radical (unpaired) electrons. The van der Waals surface area contributed by atoms with Gasteiger partial charge in [-0.25, -0.2) is 0 Å². The lowest BCUT2D eigenvalue weighted by molar-refractivity contribution is 1.32. The summed E-state index contributed by atoms with van der Waals surface area (Å²) in [5.74, 6) is 0. The Labute approximate surface area is 77.0 Å². The second kappa shape index (κ2) is 4.72. The van der Waals surface area contributed by atoms with Crippen LogP contribution >= 0.6 is 11.9 Å². The molecule has 0 aliphatic heterocycles. The predicted octanol–water partition coefficient (Wildman–Crippen LogP) is 2.02. The van der Waals surface area contributed by atoms with Crippen molar-refractivity contribution < 1.29 is 0 Å². The summed E-state index contributed by atoms with van der Waals surface area (Å²) >= 11 is 1.54. The first-order valence-electron chi connectivity index (χ1n) is 3.68. The van der Waals surface area contributed by atoms with Crippen LogP contribution < -0.4 is 10.5 Å². The minimum atomic E-state index is 1.18. The third-order valence-corrected chi connectivity index (χ3v) is 2.12. The molecule has 0 unspecified atom stereocenters. The van der Waals surface area contributed by atoms with E-state index in [1.54, 1.807) is 6.20 Å². The lowest BCUT2D eigenvalue weighted by Crippen LogP contribution is -1.92. The highest BCUT2D eigenvalue weighted by Crippen LogP contribution is 2.14. The van der Waals surface area contributed by atoms with Crippen molar-refractivity contribution in [3.8, 4) is 0 Å². The number of nitrogens with one attached hydrogen (secondary N) is 1. The van der Waals surface area contributed by atoms with Crippen molar-refractivity contribution in [1.29, 1.82) is 0 Å². The summed E-state index contributed by atoms with van der Waals surface area (Å²) in [7, 11) is 0. The molecule has 0 bridgehead atoms. The second-order valence-corrected chi connectivity index (χ2v) is 3.30. The van der Waals surface area contributed by atoms with Gasteiger partial charge in [-0.15, -0.1) is 0 Å². The number of nitrogens with two attached hydrogens (primary N) is 1. The van der Waals surface area contributed by atoms with Crippen LogP contribution in [0.4, 0.5) is 0 Å². The fraction of sp³-hybridized carbons (Fsp3) is 0.111. The molecule has 0 fully saturated rings. The van der Waals surface area contributed by atoms with E-state index in [0.29, 0.717) is 0 Å². The molecule has 3 N–H and O–H groups in total. The van der Waals surface area contributed by atoms with Crippen LogP contribution in [0.15, 0.2) is 41.6 Å². The quantitative estimate of drug-likeness (QED) is 0.699. The highest BCUT2D eigenvalue weighted by atomic mass is 32.2. The van der Waals surface area contributed by atoms with Crippen LogP contribution in [0.3, 0.4) is 0 Å². The van der Waals surface area contributed by atoms with Crippen molar-refractivity contribution in [2.75, 3.05) is 0 Å². The summed E-state index contributed by atoms with van der Waals surface area (Å²) < 4.78 is 2.98. The van der Waals surface area contributed by atoms with Gasteiger partial charge in [-0.2, -0.15) is 0 Å². The van der Waals surface area contributed by atoms with Gasteiger partial charge < -0.3 is 10.5 Å². The molecule has 0 atom stereocenters. The summed E-state index contributed by atoms with van der Waals surface area (Å²) in [4.78, 5) is 1.18. The van der Waals surface area contributed by atoms with E-state index in [1.807, 2.05) is 0 Å². The molecule has 0 aromatic heterocycles. The van der Waals surface area contributed by atoms with Gasteiger partial charge in [-0.3, -0.25) is 0 Å². The standard InChI is InChI=1S/C9H12N2S/c1-8-2-4-9(5-3-8)12-11-7-6-10/h2-7,11H,10H2,1H3/b7-6-. The van der Waals surface area contributed by atoms with Gasteiger partial charge in [0.05, 0.1) is 0 Å². The monoisotopic (exact) mass is 180 g/mol. The van der Waals surface area contributed by atoms with Crippen molar-refractivity contribution in [1.82, 2.24) is 4.72 Å². The van der Waals surface area contributed by atoms with Crippen molar-refractivity contribution in [2.24, 2.45) is 5.73 Å². The van der Waals surface area contributed by atoms with Crippen LogP contribution in [0, 0.1) is 6.92 Å². The van der Waals surface area contributed by atoms with E-state index in [9.17, 15) is 0 Å². The highest BCUT2D eigenvalue weighted by Gasteiger charge is 1.89. The van der Waals surface area contributed by atoms with Crippen LogP contribution in [0.1, 0.15) is 5.56 Å². The Kier molecular flexibility index (Phi) is 3.54. The Bertz CT molecular complexity index is 254. The van der Waals surface area contributed by atoms with Crippen molar-refractivity contribution >= 4 is 11.9 Å². The minimum absolute atomic E-state index is 1.18. The smallest absolute Gasteiger partial charge is 0.0284 e. The fourth-order valence-corrected chi connectivity index (χ4v) is 1.30. The number of hydrogen-bond acceptors (Lipinski definition) is 3. The third-order valence-electron chi connectivity index (χ3n) is 1.36. The molecule has 0 aliphatic carbocycles. The SMILES string of the molecule is Cc1ccc(SN/C=C\N)cc1. The summed E-state index contributed by atoms with van der Waals surface area (Å²) in [6, 6.07) is 8.29. The van der Waals surface area contributed by atoms with Gasteiger partial charge in [0.1, 0.15) is 0 Å². The predicted molar refractivity (Wildman–Crippen MR) is 53.5 cm³/mol. The lowest BCUT2D eigenvalue weighted by Gasteiger charge is -1.99. The van der Waals surface area contributed by atoms with Gasteiger partial charge in [0.2, 0.25) is 0 Å². The molecule has 0 spiro atoms. The maximum Gasteiger partial charge on any atom is 0.0284 e. The van der Waals surface area contributed by atoms with E-state index in [4.69, 9.17) is 5.73 Å². The van der Waals surface area contributed by atoms with Crippen LogP contribution in [-0.2, 0) is 0 Å². The van der Waals surface area contributed by atoms with Crippen molar-refractivity contribution in [2.45, 2.75) is 11.8 Å². The summed E-state index contributed by atoms with van der Waals surface area (Å²) in [5, 5.41) is 0. The van der Waals surface area contributed by atoms with Gasteiger partial charge in [0, 0.05) is 17.3 Å². The summed E-state index contributed by atoms with van der Waals surface area (Å²) in [6.45, 7) is 2.07. The molecule has 3 heteroatoms. The largest absolute Gasteiger partial charge is 0.403 e.